The topological polar surface area (TPSA) is 84.9 Å². The largest absolute Gasteiger partial charge is 0.484 e. The van der Waals surface area contributed by atoms with E-state index < -0.39 is 12.0 Å². The number of carbonyl (C=O) groups excluding carboxylic acids is 3. The molecule has 1 fully saturated rings. The van der Waals surface area contributed by atoms with Crippen molar-refractivity contribution < 1.29 is 23.9 Å². The van der Waals surface area contributed by atoms with Gasteiger partial charge in [-0.05, 0) is 25.0 Å². The number of para-hydroxylation sites is 1. The lowest BCUT2D eigenvalue weighted by Crippen LogP contribution is -2.58. The Kier molecular flexibility index (Phi) is 11.6. The number of carbonyl (C=O) groups is 3. The number of ether oxygens (including phenoxy) is 2. The molecule has 0 radical (unpaired) electrons. The molecule has 0 saturated carbocycles. The molecule has 7 nitrogen and oxygen atoms in total. The highest BCUT2D eigenvalue weighted by Crippen LogP contribution is 2.17. The third-order valence-corrected chi connectivity index (χ3v) is 5.72. The van der Waals surface area contributed by atoms with Crippen molar-refractivity contribution in [3.05, 3.63) is 29.8 Å². The van der Waals surface area contributed by atoms with Crippen LogP contribution in [0.4, 0.5) is 0 Å². The molecule has 1 N–H and O–H groups in total. The van der Waals surface area contributed by atoms with Crippen molar-refractivity contribution in [1.82, 2.24) is 10.2 Å². The van der Waals surface area contributed by atoms with Crippen LogP contribution in [0.25, 0.3) is 0 Å². The normalized spacial score (nSPS) is 15.9. The summed E-state index contributed by atoms with van der Waals surface area (Å²) in [6, 6.07) is 6.58. The van der Waals surface area contributed by atoms with Crippen LogP contribution in [0, 0.1) is 6.92 Å². The van der Waals surface area contributed by atoms with Crippen LogP contribution < -0.4 is 10.1 Å². The molecule has 1 atom stereocenters. The number of nitrogens with one attached hydrogen (secondary N) is 1. The van der Waals surface area contributed by atoms with Crippen molar-refractivity contribution in [2.75, 3.05) is 26.3 Å². The molecule has 178 valence electrons. The predicted molar refractivity (Wildman–Crippen MR) is 123 cm³/mol. The molecule has 1 saturated heterocycles. The number of piperazine rings is 1. The lowest BCUT2D eigenvalue weighted by Gasteiger charge is -2.34. The number of aryl methyl sites for hydroxylation is 1. The fraction of sp³-hybridized carbons (Fsp3) is 0.640. The van der Waals surface area contributed by atoms with Gasteiger partial charge in [0.15, 0.2) is 6.61 Å². The average molecular weight is 447 g/mol. The monoisotopic (exact) mass is 446 g/mol. The maximum atomic E-state index is 12.7. The van der Waals surface area contributed by atoms with E-state index in [2.05, 4.69) is 12.2 Å². The van der Waals surface area contributed by atoms with Crippen molar-refractivity contribution in [2.45, 2.75) is 77.7 Å². The molecule has 32 heavy (non-hydrogen) atoms. The first-order valence-electron chi connectivity index (χ1n) is 11.9. The maximum absolute atomic E-state index is 12.7. The van der Waals surface area contributed by atoms with Crippen LogP contribution in [-0.4, -0.2) is 55.0 Å². The smallest absolute Gasteiger partial charge is 0.308 e. The molecule has 1 aliphatic rings. The Morgan fingerprint density at radius 2 is 1.75 bits per heavy atom. The van der Waals surface area contributed by atoms with Gasteiger partial charge >= 0.3 is 5.97 Å². The van der Waals surface area contributed by atoms with E-state index in [9.17, 15) is 14.4 Å². The molecule has 0 spiro atoms. The molecule has 0 aliphatic carbocycles. The molecule has 1 aromatic carbocycles. The van der Waals surface area contributed by atoms with Gasteiger partial charge in [0, 0.05) is 13.1 Å². The second kappa shape index (κ2) is 14.5. The Morgan fingerprint density at radius 1 is 1.06 bits per heavy atom. The van der Waals surface area contributed by atoms with Crippen LogP contribution in [0.2, 0.25) is 0 Å². The Labute approximate surface area is 191 Å². The number of benzene rings is 1. The van der Waals surface area contributed by atoms with Crippen LogP contribution in [0.5, 0.6) is 5.75 Å². The van der Waals surface area contributed by atoms with Crippen molar-refractivity contribution in [2.24, 2.45) is 0 Å². The molecular weight excluding hydrogens is 408 g/mol. The third-order valence-electron chi connectivity index (χ3n) is 5.72. The van der Waals surface area contributed by atoms with Gasteiger partial charge in [-0.15, -0.1) is 0 Å². The fourth-order valence-electron chi connectivity index (χ4n) is 3.80. The minimum Gasteiger partial charge on any atom is -0.484 e. The summed E-state index contributed by atoms with van der Waals surface area (Å²) in [4.78, 5) is 38.8. The van der Waals surface area contributed by atoms with Gasteiger partial charge in [-0.2, -0.15) is 0 Å². The van der Waals surface area contributed by atoms with Gasteiger partial charge < -0.3 is 19.7 Å². The molecular formula is C25H38N2O5. The average Bonchev–Trinajstić information content (AvgIpc) is 2.78. The van der Waals surface area contributed by atoms with Gasteiger partial charge in [0.05, 0.1) is 13.0 Å². The van der Waals surface area contributed by atoms with E-state index in [4.69, 9.17) is 9.47 Å². The van der Waals surface area contributed by atoms with Crippen molar-refractivity contribution >= 4 is 17.8 Å². The Hall–Kier alpha value is -2.57. The first-order valence-corrected chi connectivity index (χ1v) is 11.9. The molecule has 1 aromatic rings. The summed E-state index contributed by atoms with van der Waals surface area (Å²) in [5, 5.41) is 2.73. The van der Waals surface area contributed by atoms with E-state index in [1.54, 1.807) is 6.07 Å². The molecule has 0 bridgehead atoms. The highest BCUT2D eigenvalue weighted by molar-refractivity contribution is 5.92. The number of unbranched alkanes of at least 4 members (excludes halogenated alkanes) is 7. The highest BCUT2D eigenvalue weighted by atomic mass is 16.5. The van der Waals surface area contributed by atoms with E-state index in [1.807, 2.05) is 25.1 Å². The van der Waals surface area contributed by atoms with E-state index in [0.29, 0.717) is 25.4 Å². The number of esters is 1. The number of hydrogen-bond acceptors (Lipinski definition) is 5. The van der Waals surface area contributed by atoms with Gasteiger partial charge in [-0.3, -0.25) is 14.4 Å². The van der Waals surface area contributed by atoms with Gasteiger partial charge in [0.25, 0.3) is 5.91 Å². The van der Waals surface area contributed by atoms with Crippen LogP contribution >= 0.6 is 0 Å². The summed E-state index contributed by atoms with van der Waals surface area (Å²) in [5.74, 6) is -0.468. The lowest BCUT2D eigenvalue weighted by molar-refractivity contribution is -0.152. The summed E-state index contributed by atoms with van der Waals surface area (Å²) in [7, 11) is 0. The Bertz CT molecular complexity index is 737. The highest BCUT2D eigenvalue weighted by Gasteiger charge is 2.35. The van der Waals surface area contributed by atoms with Crippen LogP contribution in [0.3, 0.4) is 0 Å². The number of hydrogen-bond donors (Lipinski definition) is 1. The van der Waals surface area contributed by atoms with Crippen LogP contribution in [-0.2, 0) is 19.1 Å². The zero-order valence-electron chi connectivity index (χ0n) is 19.6. The van der Waals surface area contributed by atoms with Crippen molar-refractivity contribution in [3.8, 4) is 5.75 Å². The summed E-state index contributed by atoms with van der Waals surface area (Å²) >= 11 is 0. The van der Waals surface area contributed by atoms with E-state index in [0.717, 1.165) is 24.8 Å². The number of amides is 2. The molecule has 2 rings (SSSR count). The van der Waals surface area contributed by atoms with Crippen molar-refractivity contribution in [1.29, 1.82) is 0 Å². The third kappa shape index (κ3) is 8.89. The molecule has 1 heterocycles. The summed E-state index contributed by atoms with van der Waals surface area (Å²) in [6.45, 7) is 4.99. The Balaban J connectivity index is 1.73. The van der Waals surface area contributed by atoms with Crippen molar-refractivity contribution in [3.63, 3.8) is 0 Å². The first kappa shape index (κ1) is 25.7. The minimum absolute atomic E-state index is 0.140. The second-order valence-electron chi connectivity index (χ2n) is 8.35. The molecule has 1 unspecified atom stereocenters. The van der Waals surface area contributed by atoms with Gasteiger partial charge in [0.2, 0.25) is 5.91 Å². The summed E-state index contributed by atoms with van der Waals surface area (Å²) in [6.07, 6.45) is 9.18. The van der Waals surface area contributed by atoms with E-state index >= 15 is 0 Å². The Morgan fingerprint density at radius 3 is 2.47 bits per heavy atom. The number of rotatable bonds is 14. The van der Waals surface area contributed by atoms with Crippen LogP contribution in [0.1, 0.15) is 70.3 Å². The SMILES string of the molecule is CCCCCCCCCCOC(=O)CC1C(=O)NCCN1C(=O)COc1ccccc1C. The number of nitrogens with zero attached hydrogens (tertiary/aromatic N) is 1. The summed E-state index contributed by atoms with van der Waals surface area (Å²) < 4.78 is 11.0. The van der Waals surface area contributed by atoms with Gasteiger partial charge in [0.1, 0.15) is 11.8 Å². The quantitative estimate of drug-likeness (QED) is 0.347. The second-order valence-corrected chi connectivity index (χ2v) is 8.35. The zero-order valence-corrected chi connectivity index (χ0v) is 19.6. The van der Waals surface area contributed by atoms with Gasteiger partial charge in [-0.25, -0.2) is 0 Å². The summed E-state index contributed by atoms with van der Waals surface area (Å²) in [5.41, 5.74) is 0.928. The van der Waals surface area contributed by atoms with Crippen LogP contribution in [0.15, 0.2) is 24.3 Å². The molecule has 1 aliphatic heterocycles. The van der Waals surface area contributed by atoms with E-state index in [1.165, 1.54) is 37.0 Å². The fourth-order valence-corrected chi connectivity index (χ4v) is 3.80. The zero-order chi connectivity index (χ0) is 23.2. The maximum Gasteiger partial charge on any atom is 0.308 e. The van der Waals surface area contributed by atoms with Gasteiger partial charge in [-0.1, -0.05) is 70.1 Å². The molecule has 2 amide bonds. The minimum atomic E-state index is -0.859. The molecule has 7 heteroatoms. The van der Waals surface area contributed by atoms with E-state index in [-0.39, 0.29) is 24.8 Å². The molecule has 0 aromatic heterocycles. The standard InChI is InChI=1S/C25H38N2O5/c1-3-4-5-6-7-8-9-12-17-31-24(29)18-21-25(30)26-15-16-27(21)23(28)19-32-22-14-11-10-13-20(22)2/h10-11,13-14,21H,3-9,12,15-19H2,1-2H3,(H,26,30). The first-order chi connectivity index (χ1) is 15.5. The predicted octanol–water partition coefficient (Wildman–Crippen LogP) is 3.77. The lowest BCUT2D eigenvalue weighted by atomic mass is 10.1.